The molecule has 0 aliphatic rings. The van der Waals surface area contributed by atoms with E-state index in [0.717, 1.165) is 0 Å². The van der Waals surface area contributed by atoms with Crippen LogP contribution in [0.1, 0.15) is 15.9 Å². The molecule has 6 heteroatoms. The van der Waals surface area contributed by atoms with Gasteiger partial charge in [-0.15, -0.1) is 0 Å². The molecule has 1 N–H and O–H groups in total. The van der Waals surface area contributed by atoms with Crippen molar-refractivity contribution in [2.24, 2.45) is 0 Å². The molecular formula is C14H11NO5. The third-order valence-corrected chi connectivity index (χ3v) is 2.79. The van der Waals surface area contributed by atoms with Crippen LogP contribution in [0.25, 0.3) is 0 Å². The number of nitro groups is 1. The molecule has 0 amide bonds. The Morgan fingerprint density at radius 1 is 1.20 bits per heavy atom. The summed E-state index contributed by atoms with van der Waals surface area (Å²) in [5.74, 6) is -0.185. The minimum Gasteiger partial charge on any atom is -0.507 e. The van der Waals surface area contributed by atoms with Gasteiger partial charge in [-0.25, -0.2) is 0 Å². The molecule has 0 spiro atoms. The van der Waals surface area contributed by atoms with Gasteiger partial charge in [0.15, 0.2) is 5.78 Å². The highest BCUT2D eigenvalue weighted by Gasteiger charge is 2.15. The normalized spacial score (nSPS) is 10.1. The van der Waals surface area contributed by atoms with Crippen molar-refractivity contribution < 1.29 is 19.6 Å². The number of phenolic OH excluding ortho intramolecular Hbond substituents is 1. The van der Waals surface area contributed by atoms with E-state index >= 15 is 0 Å². The van der Waals surface area contributed by atoms with Crippen molar-refractivity contribution >= 4 is 11.5 Å². The van der Waals surface area contributed by atoms with E-state index < -0.39 is 10.7 Å². The lowest BCUT2D eigenvalue weighted by Crippen LogP contribution is -2.02. The van der Waals surface area contributed by atoms with E-state index in [4.69, 9.17) is 4.74 Å². The number of rotatable bonds is 4. The quantitative estimate of drug-likeness (QED) is 0.525. The van der Waals surface area contributed by atoms with Crippen LogP contribution in [0.15, 0.2) is 42.5 Å². The Labute approximate surface area is 114 Å². The van der Waals surface area contributed by atoms with Crippen LogP contribution in [0.2, 0.25) is 0 Å². The molecule has 2 rings (SSSR count). The molecular weight excluding hydrogens is 262 g/mol. The van der Waals surface area contributed by atoms with Crippen molar-refractivity contribution in [2.45, 2.75) is 0 Å². The lowest BCUT2D eigenvalue weighted by Gasteiger charge is -2.06. The molecule has 6 nitrogen and oxygen atoms in total. The maximum atomic E-state index is 12.2. The number of carbonyl (C=O) groups is 1. The van der Waals surface area contributed by atoms with Gasteiger partial charge >= 0.3 is 0 Å². The standard InChI is InChI=1S/C14H11NO5/c1-20-11-6-7-12(13(16)8-11)14(17)9-2-4-10(5-3-9)15(18)19/h2-8,16H,1H3. The molecule has 2 aromatic rings. The van der Waals surface area contributed by atoms with Crippen LogP contribution < -0.4 is 4.74 Å². The fourth-order valence-electron chi connectivity index (χ4n) is 1.72. The number of ketones is 1. The van der Waals surface area contributed by atoms with Crippen LogP contribution in [0.3, 0.4) is 0 Å². The predicted molar refractivity (Wildman–Crippen MR) is 71.2 cm³/mol. The molecule has 0 aromatic heterocycles. The van der Waals surface area contributed by atoms with Gasteiger partial charge in [0.2, 0.25) is 0 Å². The lowest BCUT2D eigenvalue weighted by atomic mass is 10.0. The Morgan fingerprint density at radius 3 is 2.35 bits per heavy atom. The monoisotopic (exact) mass is 273 g/mol. The summed E-state index contributed by atoms with van der Waals surface area (Å²) in [6.07, 6.45) is 0. The number of hydrogen-bond acceptors (Lipinski definition) is 5. The second-order valence-corrected chi connectivity index (χ2v) is 4.02. The SMILES string of the molecule is COc1ccc(C(=O)c2ccc([N+](=O)[O-])cc2)c(O)c1. The van der Waals surface area contributed by atoms with Gasteiger partial charge in [0.1, 0.15) is 11.5 Å². The van der Waals surface area contributed by atoms with Crippen LogP contribution in [0.5, 0.6) is 11.5 Å². The van der Waals surface area contributed by atoms with Gasteiger partial charge in [-0.1, -0.05) is 0 Å². The summed E-state index contributed by atoms with van der Waals surface area (Å²) in [6, 6.07) is 9.52. The number of methoxy groups -OCH3 is 1. The molecule has 2 aromatic carbocycles. The van der Waals surface area contributed by atoms with Crippen molar-refractivity contribution in [3.63, 3.8) is 0 Å². The first-order valence-corrected chi connectivity index (χ1v) is 5.69. The van der Waals surface area contributed by atoms with Gasteiger partial charge in [0.25, 0.3) is 5.69 Å². The van der Waals surface area contributed by atoms with Crippen LogP contribution in [-0.2, 0) is 0 Å². The molecule has 0 heterocycles. The number of aromatic hydroxyl groups is 1. The molecule has 0 fully saturated rings. The van der Waals surface area contributed by atoms with Crippen LogP contribution >= 0.6 is 0 Å². The molecule has 102 valence electrons. The summed E-state index contributed by atoms with van der Waals surface area (Å²) in [5.41, 5.74) is 0.274. The number of nitrogens with zero attached hydrogens (tertiary/aromatic N) is 1. The third kappa shape index (κ3) is 2.59. The molecule has 0 aliphatic heterocycles. The fraction of sp³-hybridized carbons (Fsp3) is 0.0714. The van der Waals surface area contributed by atoms with Gasteiger partial charge in [0.05, 0.1) is 17.6 Å². The Bertz CT molecular complexity index is 664. The van der Waals surface area contributed by atoms with Gasteiger partial charge in [-0.2, -0.15) is 0 Å². The van der Waals surface area contributed by atoms with Crippen molar-refractivity contribution in [3.05, 3.63) is 63.7 Å². The number of nitro benzene ring substituents is 1. The van der Waals surface area contributed by atoms with E-state index in [1.807, 2.05) is 0 Å². The minimum absolute atomic E-state index is 0.0968. The van der Waals surface area contributed by atoms with Crippen molar-refractivity contribution in [3.8, 4) is 11.5 Å². The lowest BCUT2D eigenvalue weighted by molar-refractivity contribution is -0.384. The van der Waals surface area contributed by atoms with Gasteiger partial charge in [-0.3, -0.25) is 14.9 Å². The second kappa shape index (κ2) is 5.40. The van der Waals surface area contributed by atoms with Crippen molar-refractivity contribution in [1.82, 2.24) is 0 Å². The average molecular weight is 273 g/mol. The van der Waals surface area contributed by atoms with E-state index in [-0.39, 0.29) is 22.6 Å². The average Bonchev–Trinajstić information content (AvgIpc) is 2.46. The molecule has 0 aliphatic carbocycles. The molecule has 0 saturated heterocycles. The number of non-ortho nitro benzene ring substituents is 1. The maximum absolute atomic E-state index is 12.2. The molecule has 0 unspecified atom stereocenters. The van der Waals surface area contributed by atoms with E-state index in [2.05, 4.69) is 0 Å². The summed E-state index contributed by atoms with van der Waals surface area (Å²) < 4.78 is 4.93. The smallest absolute Gasteiger partial charge is 0.269 e. The Kier molecular flexibility index (Phi) is 3.65. The Hall–Kier alpha value is -2.89. The molecule has 0 saturated carbocycles. The van der Waals surface area contributed by atoms with Crippen LogP contribution in [0.4, 0.5) is 5.69 Å². The number of hydrogen-bond donors (Lipinski definition) is 1. The van der Waals surface area contributed by atoms with Gasteiger partial charge in [0, 0.05) is 23.8 Å². The van der Waals surface area contributed by atoms with E-state index in [9.17, 15) is 20.0 Å². The summed E-state index contributed by atoms with van der Waals surface area (Å²) in [5, 5.41) is 20.3. The van der Waals surface area contributed by atoms with Gasteiger partial charge in [-0.05, 0) is 24.3 Å². The first kappa shape index (κ1) is 13.5. The maximum Gasteiger partial charge on any atom is 0.269 e. The Balaban J connectivity index is 2.33. The highest BCUT2D eigenvalue weighted by atomic mass is 16.6. The zero-order chi connectivity index (χ0) is 14.7. The second-order valence-electron chi connectivity index (χ2n) is 4.02. The molecule has 0 radical (unpaired) electrons. The van der Waals surface area contributed by atoms with Crippen LogP contribution in [-0.4, -0.2) is 22.9 Å². The minimum atomic E-state index is -0.543. The van der Waals surface area contributed by atoms with Crippen LogP contribution in [0, 0.1) is 10.1 Å². The summed E-state index contributed by atoms with van der Waals surface area (Å²) in [4.78, 5) is 22.2. The Morgan fingerprint density at radius 2 is 1.85 bits per heavy atom. The summed E-state index contributed by atoms with van der Waals surface area (Å²) >= 11 is 0. The van der Waals surface area contributed by atoms with Crippen molar-refractivity contribution in [1.29, 1.82) is 0 Å². The molecule has 0 bridgehead atoms. The number of ether oxygens (including phenoxy) is 1. The topological polar surface area (TPSA) is 89.7 Å². The zero-order valence-electron chi connectivity index (χ0n) is 10.6. The van der Waals surface area contributed by atoms with Crippen molar-refractivity contribution in [2.75, 3.05) is 7.11 Å². The molecule has 20 heavy (non-hydrogen) atoms. The number of benzene rings is 2. The summed E-state index contributed by atoms with van der Waals surface area (Å²) in [6.45, 7) is 0. The predicted octanol–water partition coefficient (Wildman–Crippen LogP) is 2.54. The zero-order valence-corrected chi connectivity index (χ0v) is 10.6. The first-order valence-electron chi connectivity index (χ1n) is 5.69. The third-order valence-electron chi connectivity index (χ3n) is 2.79. The van der Waals surface area contributed by atoms with E-state index in [1.165, 1.54) is 43.5 Å². The number of phenols is 1. The van der Waals surface area contributed by atoms with Gasteiger partial charge < -0.3 is 9.84 Å². The highest BCUT2D eigenvalue weighted by Crippen LogP contribution is 2.26. The molecule has 0 atom stereocenters. The van der Waals surface area contributed by atoms with E-state index in [0.29, 0.717) is 5.75 Å². The fourth-order valence-corrected chi connectivity index (χ4v) is 1.72. The first-order chi connectivity index (χ1) is 9.52. The number of carbonyl (C=O) groups excluding carboxylic acids is 1. The highest BCUT2D eigenvalue weighted by molar-refractivity contribution is 6.10. The summed E-state index contributed by atoms with van der Waals surface area (Å²) in [7, 11) is 1.45. The van der Waals surface area contributed by atoms with E-state index in [1.54, 1.807) is 6.07 Å². The largest absolute Gasteiger partial charge is 0.507 e.